The number of carboxylic acid groups (broad SMARTS) is 2. The van der Waals surface area contributed by atoms with Gasteiger partial charge < -0.3 is 15.5 Å². The van der Waals surface area contributed by atoms with Crippen LogP contribution in [0.2, 0.25) is 0 Å². The van der Waals surface area contributed by atoms with Crippen LogP contribution in [0.15, 0.2) is 28.7 Å². The number of carbonyl (C=O) groups excluding carboxylic acids is 1. The summed E-state index contributed by atoms with van der Waals surface area (Å²) in [4.78, 5) is 33.3. The van der Waals surface area contributed by atoms with Gasteiger partial charge in [-0.3, -0.25) is 9.59 Å². The van der Waals surface area contributed by atoms with E-state index in [0.29, 0.717) is 10.0 Å². The summed E-state index contributed by atoms with van der Waals surface area (Å²) in [6.45, 7) is 0. The quantitative estimate of drug-likeness (QED) is 0.701. The van der Waals surface area contributed by atoms with E-state index in [9.17, 15) is 14.4 Å². The zero-order chi connectivity index (χ0) is 15.1. The van der Waals surface area contributed by atoms with Crippen molar-refractivity contribution in [3.63, 3.8) is 0 Å². The Morgan fingerprint density at radius 3 is 2.50 bits per heavy atom. The molecule has 0 saturated heterocycles. The molecule has 0 saturated carbocycles. The smallest absolute Gasteiger partial charge is 0.326 e. The number of hydrogen-bond donors (Lipinski definition) is 3. The molecule has 1 rings (SSSR count). The van der Waals surface area contributed by atoms with Gasteiger partial charge in [-0.05, 0) is 31.0 Å². The number of halogens is 1. The number of carbonyl (C=O) groups is 3. The van der Waals surface area contributed by atoms with Crippen LogP contribution in [-0.4, -0.2) is 34.1 Å². The molecule has 3 N–H and O–H groups in total. The van der Waals surface area contributed by atoms with Crippen molar-refractivity contribution >= 4 is 33.8 Å². The van der Waals surface area contributed by atoms with Gasteiger partial charge in [0.25, 0.3) is 5.91 Å². The van der Waals surface area contributed by atoms with Crippen LogP contribution in [-0.2, 0) is 9.59 Å². The molecule has 7 heteroatoms. The predicted molar refractivity (Wildman–Crippen MR) is 74.5 cm³/mol. The zero-order valence-electron chi connectivity index (χ0n) is 10.5. The van der Waals surface area contributed by atoms with E-state index in [-0.39, 0.29) is 19.3 Å². The van der Waals surface area contributed by atoms with Crippen molar-refractivity contribution in [1.82, 2.24) is 5.32 Å². The third-order valence-corrected chi connectivity index (χ3v) is 3.07. The van der Waals surface area contributed by atoms with Gasteiger partial charge in [0.15, 0.2) is 0 Å². The number of aliphatic carboxylic acids is 2. The minimum Gasteiger partial charge on any atom is -0.481 e. The Morgan fingerprint density at radius 2 is 1.95 bits per heavy atom. The number of carboxylic acids is 2. The standard InChI is InChI=1S/C13H14BrNO5/c14-9-4-1-3-8(7-9)12(18)15-10(13(19)20)5-2-6-11(16)17/h1,3-4,7,10H,2,5-6H2,(H,15,18)(H,16,17)(H,19,20)/t10-/m1/s1. The van der Waals surface area contributed by atoms with Gasteiger partial charge in [0.05, 0.1) is 0 Å². The van der Waals surface area contributed by atoms with E-state index in [4.69, 9.17) is 10.2 Å². The topological polar surface area (TPSA) is 104 Å². The van der Waals surface area contributed by atoms with Crippen molar-refractivity contribution in [2.24, 2.45) is 0 Å². The van der Waals surface area contributed by atoms with E-state index in [1.165, 1.54) is 0 Å². The third-order valence-electron chi connectivity index (χ3n) is 2.57. The second-order valence-corrected chi connectivity index (χ2v) is 5.08. The van der Waals surface area contributed by atoms with Crippen molar-refractivity contribution in [2.75, 3.05) is 0 Å². The van der Waals surface area contributed by atoms with Gasteiger partial charge in [0.1, 0.15) is 6.04 Å². The molecule has 6 nitrogen and oxygen atoms in total. The maximum Gasteiger partial charge on any atom is 0.326 e. The molecule has 0 fully saturated rings. The Labute approximate surface area is 123 Å². The molecular formula is C13H14BrNO5. The lowest BCUT2D eigenvalue weighted by molar-refractivity contribution is -0.140. The molecule has 0 aliphatic rings. The molecule has 1 amide bonds. The SMILES string of the molecule is O=C(O)CCC[C@@H](NC(=O)c1cccc(Br)c1)C(=O)O. The predicted octanol–water partition coefficient (Wildman–Crippen LogP) is 1.89. The highest BCUT2D eigenvalue weighted by molar-refractivity contribution is 9.10. The second-order valence-electron chi connectivity index (χ2n) is 4.16. The molecule has 0 bridgehead atoms. The maximum atomic E-state index is 11.9. The van der Waals surface area contributed by atoms with Crippen molar-refractivity contribution in [2.45, 2.75) is 25.3 Å². The van der Waals surface area contributed by atoms with Crippen molar-refractivity contribution < 1.29 is 24.6 Å². The molecule has 0 aliphatic carbocycles. The highest BCUT2D eigenvalue weighted by Gasteiger charge is 2.20. The fraction of sp³-hybridized carbons (Fsp3) is 0.308. The molecule has 0 unspecified atom stereocenters. The fourth-order valence-electron chi connectivity index (χ4n) is 1.59. The first-order valence-electron chi connectivity index (χ1n) is 5.91. The van der Waals surface area contributed by atoms with Crippen LogP contribution in [0.5, 0.6) is 0 Å². The molecule has 0 aromatic heterocycles. The summed E-state index contributed by atoms with van der Waals surface area (Å²) in [6.07, 6.45) is 0.128. The Kier molecular flexibility index (Phi) is 6.17. The van der Waals surface area contributed by atoms with Crippen LogP contribution < -0.4 is 5.32 Å². The Balaban J connectivity index is 2.63. The Hall–Kier alpha value is -1.89. The molecule has 1 aromatic carbocycles. The van der Waals surface area contributed by atoms with Crippen LogP contribution in [0.25, 0.3) is 0 Å². The molecule has 0 radical (unpaired) electrons. The van der Waals surface area contributed by atoms with Gasteiger partial charge in [-0.25, -0.2) is 4.79 Å². The second kappa shape index (κ2) is 7.64. The summed E-state index contributed by atoms with van der Waals surface area (Å²) < 4.78 is 0.711. The first-order valence-corrected chi connectivity index (χ1v) is 6.70. The Bertz CT molecular complexity index is 517. The molecule has 1 atom stereocenters. The maximum absolute atomic E-state index is 11.9. The Morgan fingerprint density at radius 1 is 1.25 bits per heavy atom. The molecule has 0 spiro atoms. The fourth-order valence-corrected chi connectivity index (χ4v) is 1.99. The van der Waals surface area contributed by atoms with Crippen molar-refractivity contribution in [3.8, 4) is 0 Å². The van der Waals surface area contributed by atoms with Crippen LogP contribution in [0.4, 0.5) is 0 Å². The third kappa shape index (κ3) is 5.40. The molecule has 20 heavy (non-hydrogen) atoms. The summed E-state index contributed by atoms with van der Waals surface area (Å²) >= 11 is 3.22. The van der Waals surface area contributed by atoms with Gasteiger partial charge in [-0.15, -0.1) is 0 Å². The molecular weight excluding hydrogens is 330 g/mol. The minimum atomic E-state index is -1.18. The van der Waals surface area contributed by atoms with E-state index in [1.54, 1.807) is 24.3 Å². The molecule has 0 aliphatic heterocycles. The molecule has 0 heterocycles. The van der Waals surface area contributed by atoms with Crippen LogP contribution >= 0.6 is 15.9 Å². The van der Waals surface area contributed by atoms with Crippen molar-refractivity contribution in [3.05, 3.63) is 34.3 Å². The average molecular weight is 344 g/mol. The monoisotopic (exact) mass is 343 g/mol. The van der Waals surface area contributed by atoms with E-state index in [0.717, 1.165) is 0 Å². The summed E-state index contributed by atoms with van der Waals surface area (Å²) in [5.41, 5.74) is 0.337. The highest BCUT2D eigenvalue weighted by Crippen LogP contribution is 2.12. The minimum absolute atomic E-state index is 0.0708. The lowest BCUT2D eigenvalue weighted by Gasteiger charge is -2.14. The first kappa shape index (κ1) is 16.2. The summed E-state index contributed by atoms with van der Waals surface area (Å²) in [5.74, 6) is -2.68. The van der Waals surface area contributed by atoms with Gasteiger partial charge in [0, 0.05) is 16.5 Å². The van der Waals surface area contributed by atoms with E-state index < -0.39 is 23.9 Å². The van der Waals surface area contributed by atoms with Gasteiger partial charge in [-0.1, -0.05) is 22.0 Å². The largest absolute Gasteiger partial charge is 0.481 e. The van der Waals surface area contributed by atoms with E-state index >= 15 is 0 Å². The van der Waals surface area contributed by atoms with Crippen LogP contribution in [0, 0.1) is 0 Å². The van der Waals surface area contributed by atoms with E-state index in [1.807, 2.05) is 0 Å². The van der Waals surface area contributed by atoms with E-state index in [2.05, 4.69) is 21.2 Å². The molecule has 108 valence electrons. The molecule has 1 aromatic rings. The van der Waals surface area contributed by atoms with Gasteiger partial charge in [0.2, 0.25) is 0 Å². The number of hydrogen-bond acceptors (Lipinski definition) is 3. The van der Waals surface area contributed by atoms with Crippen LogP contribution in [0.3, 0.4) is 0 Å². The summed E-state index contributed by atoms with van der Waals surface area (Å²) in [6, 6.07) is 5.46. The summed E-state index contributed by atoms with van der Waals surface area (Å²) in [7, 11) is 0. The number of nitrogens with one attached hydrogen (secondary N) is 1. The van der Waals surface area contributed by atoms with Crippen molar-refractivity contribution in [1.29, 1.82) is 0 Å². The normalized spacial score (nSPS) is 11.7. The number of rotatable bonds is 7. The van der Waals surface area contributed by atoms with Crippen LogP contribution in [0.1, 0.15) is 29.6 Å². The van der Waals surface area contributed by atoms with Gasteiger partial charge in [-0.2, -0.15) is 0 Å². The zero-order valence-corrected chi connectivity index (χ0v) is 12.1. The lowest BCUT2D eigenvalue weighted by atomic mass is 10.1. The number of amides is 1. The first-order chi connectivity index (χ1) is 9.40. The average Bonchev–Trinajstić information content (AvgIpc) is 2.36. The highest BCUT2D eigenvalue weighted by atomic mass is 79.9. The number of benzene rings is 1. The lowest BCUT2D eigenvalue weighted by Crippen LogP contribution is -2.40. The summed E-state index contributed by atoms with van der Waals surface area (Å²) in [5, 5.41) is 19.9. The van der Waals surface area contributed by atoms with Gasteiger partial charge >= 0.3 is 11.9 Å².